The summed E-state index contributed by atoms with van der Waals surface area (Å²) in [5.41, 5.74) is 3.83. The third kappa shape index (κ3) is 3.94. The van der Waals surface area contributed by atoms with Gasteiger partial charge in [-0.2, -0.15) is 10.2 Å². The number of hydrazone groups is 2. The molecule has 202 valence electrons. The van der Waals surface area contributed by atoms with Crippen molar-refractivity contribution >= 4 is 51.9 Å². The number of non-ortho nitro benzene ring substituents is 1. The summed E-state index contributed by atoms with van der Waals surface area (Å²) in [5, 5.41) is 22.8. The average molecular weight is 557 g/mol. The normalized spacial score (nSPS) is 23.8. The molecule has 0 N–H and O–H groups in total. The van der Waals surface area contributed by atoms with Crippen LogP contribution in [0.25, 0.3) is 0 Å². The van der Waals surface area contributed by atoms with Crippen LogP contribution in [0, 0.1) is 10.1 Å². The summed E-state index contributed by atoms with van der Waals surface area (Å²) < 4.78 is 0. The number of hydrogen-bond acceptors (Lipinski definition) is 7. The van der Waals surface area contributed by atoms with E-state index < -0.39 is 16.0 Å². The summed E-state index contributed by atoms with van der Waals surface area (Å²) in [6.45, 7) is 3.37. The highest BCUT2D eigenvalue weighted by molar-refractivity contribution is 6.39. The summed E-state index contributed by atoms with van der Waals surface area (Å²) in [6.07, 6.45) is 0.961. The van der Waals surface area contributed by atoms with Gasteiger partial charge in [-0.1, -0.05) is 42.5 Å². The molecule has 3 aromatic carbocycles. The molecular formula is C29H25ClN6O4. The molecule has 0 saturated carbocycles. The van der Waals surface area contributed by atoms with Crippen LogP contribution >= 0.6 is 11.6 Å². The van der Waals surface area contributed by atoms with Gasteiger partial charge in [0.15, 0.2) is 11.0 Å². The molecule has 6 rings (SSSR count). The van der Waals surface area contributed by atoms with Crippen LogP contribution in [0.15, 0.2) is 89.1 Å². The zero-order valence-corrected chi connectivity index (χ0v) is 22.5. The first-order valence-corrected chi connectivity index (χ1v) is 13.2. The number of hydrogen-bond donors (Lipinski definition) is 0. The van der Waals surface area contributed by atoms with Gasteiger partial charge in [0.05, 0.1) is 22.4 Å². The van der Waals surface area contributed by atoms with Crippen LogP contribution in [-0.4, -0.2) is 44.2 Å². The Balaban J connectivity index is 1.28. The number of nitrogens with zero attached hydrogens (tertiary/aromatic N) is 6. The van der Waals surface area contributed by atoms with E-state index in [1.165, 1.54) is 24.1 Å². The molecule has 10 nitrogen and oxygen atoms in total. The predicted molar refractivity (Wildman–Crippen MR) is 152 cm³/mol. The summed E-state index contributed by atoms with van der Waals surface area (Å²) in [5.74, 6) is -0.423. The van der Waals surface area contributed by atoms with Gasteiger partial charge in [-0.05, 0) is 42.3 Å². The predicted octanol–water partition coefficient (Wildman–Crippen LogP) is 5.23. The van der Waals surface area contributed by atoms with Crippen LogP contribution in [0.1, 0.15) is 43.9 Å². The van der Waals surface area contributed by atoms with Gasteiger partial charge >= 0.3 is 0 Å². The maximum Gasteiger partial charge on any atom is 0.269 e. The summed E-state index contributed by atoms with van der Waals surface area (Å²) in [6, 6.07) is 22.9. The topological polar surface area (TPSA) is 112 Å². The second-order valence-electron chi connectivity index (χ2n) is 10.1. The van der Waals surface area contributed by atoms with Crippen molar-refractivity contribution in [3.63, 3.8) is 0 Å². The highest BCUT2D eigenvalue weighted by Gasteiger charge is 2.66. The van der Waals surface area contributed by atoms with Crippen molar-refractivity contribution in [3.8, 4) is 0 Å². The quantitative estimate of drug-likeness (QED) is 0.185. The van der Waals surface area contributed by atoms with Gasteiger partial charge < -0.3 is 0 Å². The first kappa shape index (κ1) is 25.7. The van der Waals surface area contributed by atoms with Crippen molar-refractivity contribution in [2.45, 2.75) is 43.8 Å². The number of halogens is 1. The Bertz CT molecular complexity index is 1570. The Morgan fingerprint density at radius 3 is 2.30 bits per heavy atom. The van der Waals surface area contributed by atoms with E-state index in [1.807, 2.05) is 66.5 Å². The van der Waals surface area contributed by atoms with E-state index in [9.17, 15) is 19.7 Å². The Kier molecular flexibility index (Phi) is 6.14. The summed E-state index contributed by atoms with van der Waals surface area (Å²) in [4.78, 5) is 37.8. The number of rotatable bonds is 5. The molecule has 3 heterocycles. The molecule has 3 aromatic rings. The van der Waals surface area contributed by atoms with Crippen LogP contribution in [0.4, 0.5) is 17.1 Å². The van der Waals surface area contributed by atoms with Gasteiger partial charge in [0.1, 0.15) is 0 Å². The van der Waals surface area contributed by atoms with Crippen LogP contribution < -0.4 is 9.91 Å². The molecule has 3 aliphatic rings. The Labute approximate surface area is 235 Å². The maximum absolute atomic E-state index is 13.1. The number of carbonyl (C=O) groups is 2. The molecule has 0 aromatic heterocycles. The number of para-hydroxylation sites is 1. The lowest BCUT2D eigenvalue weighted by atomic mass is 9.86. The van der Waals surface area contributed by atoms with E-state index >= 15 is 0 Å². The van der Waals surface area contributed by atoms with E-state index in [4.69, 9.17) is 16.7 Å². The molecule has 3 unspecified atom stereocenters. The number of alkyl halides is 1. The largest absolute Gasteiger partial charge is 0.283 e. The van der Waals surface area contributed by atoms with Gasteiger partial charge in [0.2, 0.25) is 5.91 Å². The number of anilines is 2. The third-order valence-corrected chi connectivity index (χ3v) is 8.10. The second kappa shape index (κ2) is 9.56. The van der Waals surface area contributed by atoms with Gasteiger partial charge in [0.25, 0.3) is 11.6 Å². The van der Waals surface area contributed by atoms with Crippen LogP contribution in [0.3, 0.4) is 0 Å². The van der Waals surface area contributed by atoms with Crippen molar-refractivity contribution in [2.75, 3.05) is 9.91 Å². The van der Waals surface area contributed by atoms with E-state index in [0.29, 0.717) is 24.2 Å². The highest BCUT2D eigenvalue weighted by atomic mass is 35.5. The van der Waals surface area contributed by atoms with Crippen LogP contribution in [0.5, 0.6) is 0 Å². The molecule has 0 bridgehead atoms. The number of carbonyl (C=O) groups excluding carboxylic acids is 2. The van der Waals surface area contributed by atoms with E-state index in [1.54, 1.807) is 17.0 Å². The lowest BCUT2D eigenvalue weighted by Crippen LogP contribution is -2.78. The standard InChI is InChI=1S/C29H25ClN6O4/c1-18-17-29(35(31-18)23-6-4-3-5-7-23)27(30)28(38)33(29)22-12-8-20(9-13-22)25-16-26(34(32-25)19(2)37)21-10-14-24(15-11-21)36(39)40/h3-15,26-27H,16-17H2,1-2H3. The molecule has 1 spiro atoms. The first-order chi connectivity index (χ1) is 19.2. The van der Waals surface area contributed by atoms with Crippen molar-refractivity contribution in [1.29, 1.82) is 0 Å². The van der Waals surface area contributed by atoms with Crippen molar-refractivity contribution in [2.24, 2.45) is 10.2 Å². The minimum Gasteiger partial charge on any atom is -0.283 e. The molecule has 3 atom stereocenters. The monoisotopic (exact) mass is 556 g/mol. The number of nitro benzene ring substituents is 1. The fraction of sp³-hybridized carbons (Fsp3) is 0.241. The van der Waals surface area contributed by atoms with E-state index in [2.05, 4.69) is 5.10 Å². The Morgan fingerprint density at radius 1 is 1.00 bits per heavy atom. The lowest BCUT2D eigenvalue weighted by molar-refractivity contribution is -0.384. The molecule has 1 fully saturated rings. The SMILES string of the molecule is CC(=O)N1N=C(c2ccc(N3C(=O)C(Cl)C34CC(C)=NN4c3ccccc3)cc2)CC1c1ccc([N+](=O)[O-])cc1. The summed E-state index contributed by atoms with van der Waals surface area (Å²) >= 11 is 6.70. The minimum atomic E-state index is -0.844. The van der Waals surface area contributed by atoms with Crippen molar-refractivity contribution in [3.05, 3.63) is 100 Å². The van der Waals surface area contributed by atoms with Crippen molar-refractivity contribution in [1.82, 2.24) is 5.01 Å². The van der Waals surface area contributed by atoms with Gasteiger partial charge in [-0.25, -0.2) is 10.0 Å². The Hall–Kier alpha value is -4.57. The molecular weight excluding hydrogens is 532 g/mol. The molecule has 1 saturated heterocycles. The zero-order valence-electron chi connectivity index (χ0n) is 21.8. The first-order valence-electron chi connectivity index (χ1n) is 12.8. The number of amides is 2. The molecule has 40 heavy (non-hydrogen) atoms. The maximum atomic E-state index is 13.1. The molecule has 11 heteroatoms. The lowest BCUT2D eigenvalue weighted by Gasteiger charge is -2.56. The molecule has 0 radical (unpaired) electrons. The van der Waals surface area contributed by atoms with Crippen LogP contribution in [0.2, 0.25) is 0 Å². The minimum absolute atomic E-state index is 0.0148. The smallest absolute Gasteiger partial charge is 0.269 e. The third-order valence-electron chi connectivity index (χ3n) is 7.56. The fourth-order valence-corrected chi connectivity index (χ4v) is 6.09. The fourth-order valence-electron chi connectivity index (χ4n) is 5.72. The summed E-state index contributed by atoms with van der Waals surface area (Å²) in [7, 11) is 0. The second-order valence-corrected chi connectivity index (χ2v) is 10.5. The zero-order chi connectivity index (χ0) is 28.2. The Morgan fingerprint density at radius 2 is 1.68 bits per heavy atom. The number of benzene rings is 3. The van der Waals surface area contributed by atoms with Gasteiger partial charge in [-0.3, -0.25) is 24.6 Å². The average Bonchev–Trinajstić information content (AvgIpc) is 3.57. The van der Waals surface area contributed by atoms with Crippen LogP contribution in [-0.2, 0) is 9.59 Å². The van der Waals surface area contributed by atoms with Gasteiger partial charge in [-0.15, -0.1) is 11.6 Å². The highest BCUT2D eigenvalue weighted by Crippen LogP contribution is 2.50. The number of nitro groups is 1. The van der Waals surface area contributed by atoms with Crippen molar-refractivity contribution < 1.29 is 14.5 Å². The molecule has 2 amide bonds. The van der Waals surface area contributed by atoms with E-state index in [-0.39, 0.29) is 23.5 Å². The van der Waals surface area contributed by atoms with E-state index in [0.717, 1.165) is 22.5 Å². The molecule has 3 aliphatic heterocycles. The number of β-lactam (4-membered cyclic amide) rings is 1. The molecule has 0 aliphatic carbocycles. The van der Waals surface area contributed by atoms with Gasteiger partial charge in [0, 0.05) is 43.3 Å².